The van der Waals surface area contributed by atoms with Crippen molar-refractivity contribution in [3.63, 3.8) is 0 Å². The number of rotatable bonds is 2. The number of hydrogen-bond donors (Lipinski definition) is 0. The molecular weight excluding hydrogens is 320 g/mol. The minimum atomic E-state index is -0.484. The van der Waals surface area contributed by atoms with Gasteiger partial charge in [0, 0.05) is 38.0 Å². The highest BCUT2D eigenvalue weighted by molar-refractivity contribution is 5.70. The Labute approximate surface area is 148 Å². The Bertz CT molecular complexity index is 612. The van der Waals surface area contributed by atoms with Gasteiger partial charge in [-0.1, -0.05) is 30.3 Å². The predicted molar refractivity (Wildman–Crippen MR) is 93.0 cm³/mol. The molecule has 6 heteroatoms. The number of nitrogens with zero attached hydrogens (tertiary/aromatic N) is 2. The molecule has 6 nitrogen and oxygen atoms in total. The summed E-state index contributed by atoms with van der Waals surface area (Å²) in [6.07, 6.45) is -0.540. The first-order valence-electron chi connectivity index (χ1n) is 8.75. The molecule has 1 aromatic rings. The summed E-state index contributed by atoms with van der Waals surface area (Å²) in [7, 11) is 0. The Morgan fingerprint density at radius 1 is 0.960 bits per heavy atom. The second-order valence-electron chi connectivity index (χ2n) is 7.85. The van der Waals surface area contributed by atoms with E-state index in [2.05, 4.69) is 0 Å². The van der Waals surface area contributed by atoms with Crippen LogP contribution in [0.3, 0.4) is 0 Å². The van der Waals surface area contributed by atoms with Gasteiger partial charge in [0.2, 0.25) is 0 Å². The van der Waals surface area contributed by atoms with E-state index in [1.54, 1.807) is 9.80 Å². The van der Waals surface area contributed by atoms with Crippen molar-refractivity contribution >= 4 is 12.2 Å². The lowest BCUT2D eigenvalue weighted by Crippen LogP contribution is -2.38. The van der Waals surface area contributed by atoms with Crippen LogP contribution in [-0.2, 0) is 16.1 Å². The Balaban J connectivity index is 1.46. The molecule has 2 fully saturated rings. The number of hydrogen-bond acceptors (Lipinski definition) is 4. The molecule has 2 heterocycles. The maximum absolute atomic E-state index is 12.3. The number of fused-ring (bicyclic) bond motifs is 1. The first kappa shape index (κ1) is 17.6. The number of carbonyl (C=O) groups excluding carboxylic acids is 2. The molecule has 0 radical (unpaired) electrons. The van der Waals surface area contributed by atoms with Gasteiger partial charge in [-0.25, -0.2) is 9.59 Å². The lowest BCUT2D eigenvalue weighted by Gasteiger charge is -2.25. The van der Waals surface area contributed by atoms with E-state index < -0.39 is 5.60 Å². The van der Waals surface area contributed by atoms with Crippen molar-refractivity contribution < 1.29 is 19.1 Å². The van der Waals surface area contributed by atoms with Gasteiger partial charge >= 0.3 is 12.2 Å². The molecule has 0 aliphatic carbocycles. The average molecular weight is 346 g/mol. The molecule has 3 rings (SSSR count). The zero-order chi connectivity index (χ0) is 18.0. The Hall–Kier alpha value is -2.24. The van der Waals surface area contributed by atoms with Crippen LogP contribution in [-0.4, -0.2) is 53.8 Å². The minimum Gasteiger partial charge on any atom is -0.445 e. The highest BCUT2D eigenvalue weighted by Crippen LogP contribution is 2.32. The first-order valence-corrected chi connectivity index (χ1v) is 8.75. The molecule has 136 valence electrons. The molecule has 0 N–H and O–H groups in total. The summed E-state index contributed by atoms with van der Waals surface area (Å²) in [4.78, 5) is 27.9. The fourth-order valence-corrected chi connectivity index (χ4v) is 3.43. The maximum atomic E-state index is 12.3. The summed E-state index contributed by atoms with van der Waals surface area (Å²) in [5.41, 5.74) is 0.494. The van der Waals surface area contributed by atoms with Crippen molar-refractivity contribution in [1.29, 1.82) is 0 Å². The van der Waals surface area contributed by atoms with Gasteiger partial charge in [0.1, 0.15) is 12.2 Å². The van der Waals surface area contributed by atoms with E-state index in [1.165, 1.54) is 0 Å². The van der Waals surface area contributed by atoms with E-state index in [1.807, 2.05) is 51.1 Å². The van der Waals surface area contributed by atoms with E-state index in [9.17, 15) is 9.59 Å². The van der Waals surface area contributed by atoms with Gasteiger partial charge in [0.15, 0.2) is 0 Å². The van der Waals surface area contributed by atoms with Gasteiger partial charge in [-0.3, -0.25) is 0 Å². The number of likely N-dealkylation sites (tertiary alicyclic amines) is 2. The van der Waals surface area contributed by atoms with E-state index in [0.29, 0.717) is 38.0 Å². The first-order chi connectivity index (χ1) is 11.8. The van der Waals surface area contributed by atoms with E-state index >= 15 is 0 Å². The van der Waals surface area contributed by atoms with Crippen LogP contribution in [0.15, 0.2) is 30.3 Å². The van der Waals surface area contributed by atoms with Crippen LogP contribution in [0.1, 0.15) is 26.3 Å². The van der Waals surface area contributed by atoms with Crippen molar-refractivity contribution in [3.05, 3.63) is 35.9 Å². The minimum absolute atomic E-state index is 0.264. The molecule has 2 aliphatic rings. The van der Waals surface area contributed by atoms with Crippen molar-refractivity contribution in [1.82, 2.24) is 9.80 Å². The standard InChI is InChI=1S/C19H26N2O4/c1-19(2,3)25-18(23)21-11-15-9-20(10-16(15)12-21)17(22)24-13-14-7-5-4-6-8-14/h4-8,15-16H,9-13H2,1-3H3. The van der Waals surface area contributed by atoms with Crippen LogP contribution >= 0.6 is 0 Å². The molecule has 0 saturated carbocycles. The van der Waals surface area contributed by atoms with E-state index in [0.717, 1.165) is 5.56 Å². The molecule has 2 aliphatic heterocycles. The highest BCUT2D eigenvalue weighted by atomic mass is 16.6. The zero-order valence-corrected chi connectivity index (χ0v) is 15.1. The SMILES string of the molecule is CC(C)(C)OC(=O)N1CC2CN(C(=O)OCc3ccccc3)CC2C1. The molecule has 2 unspecified atom stereocenters. The van der Waals surface area contributed by atoms with Gasteiger partial charge in [0.05, 0.1) is 0 Å². The van der Waals surface area contributed by atoms with Crippen LogP contribution in [0, 0.1) is 11.8 Å². The highest BCUT2D eigenvalue weighted by Gasteiger charge is 2.44. The molecule has 0 aromatic heterocycles. The summed E-state index contributed by atoms with van der Waals surface area (Å²) in [5.74, 6) is 0.605. The number of benzene rings is 1. The van der Waals surface area contributed by atoms with Crippen molar-refractivity contribution in [2.75, 3.05) is 26.2 Å². The molecule has 2 amide bonds. The second-order valence-corrected chi connectivity index (χ2v) is 7.85. The maximum Gasteiger partial charge on any atom is 0.410 e. The van der Waals surface area contributed by atoms with Crippen LogP contribution in [0.25, 0.3) is 0 Å². The van der Waals surface area contributed by atoms with Gasteiger partial charge in [-0.2, -0.15) is 0 Å². The molecule has 0 spiro atoms. The Kier molecular flexibility index (Phi) is 4.88. The lowest BCUT2D eigenvalue weighted by molar-refractivity contribution is 0.0274. The number of amides is 2. The Morgan fingerprint density at radius 2 is 1.48 bits per heavy atom. The molecule has 2 atom stereocenters. The van der Waals surface area contributed by atoms with Crippen LogP contribution in [0.5, 0.6) is 0 Å². The van der Waals surface area contributed by atoms with Crippen molar-refractivity contribution in [2.24, 2.45) is 11.8 Å². The fraction of sp³-hybridized carbons (Fsp3) is 0.579. The quantitative estimate of drug-likeness (QED) is 0.825. The summed E-state index contributed by atoms with van der Waals surface area (Å²) < 4.78 is 10.8. The summed E-state index contributed by atoms with van der Waals surface area (Å²) >= 11 is 0. The molecular formula is C19H26N2O4. The average Bonchev–Trinajstić information content (AvgIpc) is 3.11. The second kappa shape index (κ2) is 6.94. The largest absolute Gasteiger partial charge is 0.445 e. The molecule has 0 bridgehead atoms. The van der Waals surface area contributed by atoms with E-state index in [4.69, 9.17) is 9.47 Å². The molecule has 1 aromatic carbocycles. The van der Waals surface area contributed by atoms with Crippen molar-refractivity contribution in [2.45, 2.75) is 33.0 Å². The van der Waals surface area contributed by atoms with E-state index in [-0.39, 0.29) is 18.8 Å². The van der Waals surface area contributed by atoms with Gasteiger partial charge in [-0.05, 0) is 26.3 Å². The van der Waals surface area contributed by atoms with Crippen LogP contribution in [0.4, 0.5) is 9.59 Å². The topological polar surface area (TPSA) is 59.1 Å². The molecule has 25 heavy (non-hydrogen) atoms. The predicted octanol–water partition coefficient (Wildman–Crippen LogP) is 3.12. The third kappa shape index (κ3) is 4.44. The summed E-state index contributed by atoms with van der Waals surface area (Å²) in [5, 5.41) is 0. The van der Waals surface area contributed by atoms with Gasteiger partial charge in [0.25, 0.3) is 0 Å². The normalized spacial score (nSPS) is 22.7. The monoisotopic (exact) mass is 346 g/mol. The Morgan fingerprint density at radius 3 is 2.00 bits per heavy atom. The third-order valence-electron chi connectivity index (χ3n) is 4.60. The smallest absolute Gasteiger partial charge is 0.410 e. The van der Waals surface area contributed by atoms with Gasteiger partial charge in [-0.15, -0.1) is 0 Å². The number of ether oxygens (including phenoxy) is 2. The zero-order valence-electron chi connectivity index (χ0n) is 15.1. The lowest BCUT2D eigenvalue weighted by atomic mass is 10.0. The number of carbonyl (C=O) groups is 2. The van der Waals surface area contributed by atoms with Crippen LogP contribution in [0.2, 0.25) is 0 Å². The third-order valence-corrected chi connectivity index (χ3v) is 4.60. The molecule has 2 saturated heterocycles. The fourth-order valence-electron chi connectivity index (χ4n) is 3.43. The summed E-state index contributed by atoms with van der Waals surface area (Å²) in [6.45, 7) is 8.44. The van der Waals surface area contributed by atoms with Crippen molar-refractivity contribution in [3.8, 4) is 0 Å². The van der Waals surface area contributed by atoms with Gasteiger partial charge < -0.3 is 19.3 Å². The summed E-state index contributed by atoms with van der Waals surface area (Å²) in [6, 6.07) is 9.65. The van der Waals surface area contributed by atoms with Crippen LogP contribution < -0.4 is 0 Å².